The van der Waals surface area contributed by atoms with Gasteiger partial charge in [-0.25, -0.2) is 17.5 Å². The van der Waals surface area contributed by atoms with Gasteiger partial charge >= 0.3 is 0 Å². The molecule has 1 aliphatic rings. The summed E-state index contributed by atoms with van der Waals surface area (Å²) in [7, 11) is -4.01. The van der Waals surface area contributed by atoms with E-state index in [0.717, 1.165) is 12.1 Å². The summed E-state index contributed by atoms with van der Waals surface area (Å²) < 4.78 is 66.5. The third kappa shape index (κ3) is 5.52. The molecule has 0 saturated carbocycles. The zero-order valence-electron chi connectivity index (χ0n) is 17.7. The van der Waals surface area contributed by atoms with E-state index in [9.17, 15) is 22.0 Å². The number of aromatic nitrogens is 1. The molecule has 2 aromatic rings. The van der Waals surface area contributed by atoms with Crippen LogP contribution in [0.1, 0.15) is 48.8 Å². The van der Waals surface area contributed by atoms with Gasteiger partial charge in [0.05, 0.1) is 29.3 Å². The van der Waals surface area contributed by atoms with Gasteiger partial charge in [0, 0.05) is 0 Å². The van der Waals surface area contributed by atoms with Crippen molar-refractivity contribution in [1.82, 2.24) is 15.0 Å². The van der Waals surface area contributed by atoms with Crippen molar-refractivity contribution in [2.24, 2.45) is 0 Å². The Hall–Kier alpha value is -2.79. The molecular weight excluding hydrogens is 444 g/mol. The van der Waals surface area contributed by atoms with Gasteiger partial charge in [-0.1, -0.05) is 0 Å². The van der Waals surface area contributed by atoms with Gasteiger partial charge in [-0.3, -0.25) is 9.78 Å². The Labute approximate surface area is 185 Å². The van der Waals surface area contributed by atoms with E-state index in [4.69, 9.17) is 9.47 Å². The number of halogens is 2. The molecule has 1 fully saturated rings. The zero-order valence-corrected chi connectivity index (χ0v) is 18.5. The van der Waals surface area contributed by atoms with Gasteiger partial charge in [0.2, 0.25) is 15.8 Å². The molecule has 0 aliphatic carbocycles. The van der Waals surface area contributed by atoms with Gasteiger partial charge in [0.25, 0.3) is 5.91 Å². The maximum atomic E-state index is 14.6. The number of carbonyl (C=O) groups excluding carboxylic acids is 1. The Morgan fingerprint density at radius 2 is 1.94 bits per heavy atom. The number of sulfonamides is 1. The summed E-state index contributed by atoms with van der Waals surface area (Å²) in [6, 6.07) is 5.38. The zero-order chi connectivity index (χ0) is 23.3. The second kappa shape index (κ2) is 10.2. The largest absolute Gasteiger partial charge is 0.492 e. The fourth-order valence-electron chi connectivity index (χ4n) is 3.31. The Morgan fingerprint density at radius 3 is 2.56 bits per heavy atom. The predicted molar refractivity (Wildman–Crippen MR) is 113 cm³/mol. The van der Waals surface area contributed by atoms with Gasteiger partial charge in [-0.15, -0.1) is 0 Å². The number of amides is 1. The first kappa shape index (κ1) is 23.9. The van der Waals surface area contributed by atoms with Crippen molar-refractivity contribution in [3.8, 4) is 11.5 Å². The number of hydrogen-bond acceptors (Lipinski definition) is 7. The molecule has 1 aromatic heterocycles. The van der Waals surface area contributed by atoms with Crippen LogP contribution in [-0.2, 0) is 10.0 Å². The number of nitrogens with zero attached hydrogens (tertiary/aromatic N) is 1. The van der Waals surface area contributed by atoms with Crippen LogP contribution in [0.2, 0.25) is 0 Å². The SMILES string of the molecule is CCOc1ccc(C(C)Oc2ccc(C(=O)NS(=O)(=O)C3CCNCC3)c(F)c2F)nc1. The lowest BCUT2D eigenvalue weighted by Gasteiger charge is -2.22. The highest BCUT2D eigenvalue weighted by atomic mass is 32.2. The molecule has 1 atom stereocenters. The van der Waals surface area contributed by atoms with E-state index in [-0.39, 0.29) is 0 Å². The molecule has 0 bridgehead atoms. The van der Waals surface area contributed by atoms with Gasteiger partial charge in [0.1, 0.15) is 11.9 Å². The maximum absolute atomic E-state index is 14.6. The summed E-state index contributed by atoms with van der Waals surface area (Å²) in [5.74, 6) is -3.98. The molecule has 1 unspecified atom stereocenters. The molecule has 0 spiro atoms. The summed E-state index contributed by atoms with van der Waals surface area (Å²) in [5.41, 5.74) is -0.262. The summed E-state index contributed by atoms with van der Waals surface area (Å²) in [6.45, 7) is 4.92. The second-order valence-electron chi connectivity index (χ2n) is 7.28. The molecular formula is C21H25F2N3O5S. The number of piperidine rings is 1. The first-order valence-corrected chi connectivity index (χ1v) is 11.8. The highest BCUT2D eigenvalue weighted by molar-refractivity contribution is 7.90. The number of ether oxygens (including phenoxy) is 2. The van der Waals surface area contributed by atoms with E-state index in [1.165, 1.54) is 6.20 Å². The van der Waals surface area contributed by atoms with Crippen LogP contribution in [0.4, 0.5) is 8.78 Å². The molecule has 1 aromatic carbocycles. The van der Waals surface area contributed by atoms with Crippen molar-refractivity contribution < 1.29 is 31.5 Å². The molecule has 1 saturated heterocycles. The summed E-state index contributed by atoms with van der Waals surface area (Å²) in [4.78, 5) is 16.5. The monoisotopic (exact) mass is 469 g/mol. The van der Waals surface area contributed by atoms with Crippen LogP contribution < -0.4 is 19.5 Å². The number of carbonyl (C=O) groups is 1. The Kier molecular flexibility index (Phi) is 7.62. The van der Waals surface area contributed by atoms with Crippen molar-refractivity contribution in [1.29, 1.82) is 0 Å². The van der Waals surface area contributed by atoms with E-state index in [1.807, 2.05) is 11.6 Å². The number of nitrogens with one attached hydrogen (secondary N) is 2. The van der Waals surface area contributed by atoms with Crippen LogP contribution in [0.5, 0.6) is 11.5 Å². The minimum atomic E-state index is -4.01. The number of benzene rings is 1. The number of hydrogen-bond donors (Lipinski definition) is 2. The van der Waals surface area contributed by atoms with E-state index in [1.54, 1.807) is 19.1 Å². The molecule has 2 N–H and O–H groups in total. The minimum Gasteiger partial charge on any atom is -0.492 e. The molecule has 1 amide bonds. The van der Waals surface area contributed by atoms with Crippen molar-refractivity contribution in [2.75, 3.05) is 19.7 Å². The molecule has 3 rings (SSSR count). The molecule has 8 nitrogen and oxygen atoms in total. The normalized spacial score (nSPS) is 15.8. The van der Waals surface area contributed by atoms with Crippen molar-refractivity contribution in [2.45, 2.75) is 38.0 Å². The predicted octanol–water partition coefficient (Wildman–Crippen LogP) is 2.71. The Bertz CT molecular complexity index is 1060. The van der Waals surface area contributed by atoms with Gasteiger partial charge in [-0.05, 0) is 64.0 Å². The smallest absolute Gasteiger partial charge is 0.267 e. The average molecular weight is 470 g/mol. The first-order valence-electron chi connectivity index (χ1n) is 10.2. The molecule has 2 heterocycles. The molecule has 0 radical (unpaired) electrons. The lowest BCUT2D eigenvalue weighted by molar-refractivity contribution is 0.0975. The van der Waals surface area contributed by atoms with Crippen molar-refractivity contribution >= 4 is 15.9 Å². The number of rotatable bonds is 8. The highest BCUT2D eigenvalue weighted by Crippen LogP contribution is 2.28. The first-order chi connectivity index (χ1) is 15.2. The number of pyridine rings is 1. The van der Waals surface area contributed by atoms with E-state index in [2.05, 4.69) is 10.3 Å². The second-order valence-corrected chi connectivity index (χ2v) is 9.24. The van der Waals surface area contributed by atoms with Gasteiger partial charge in [0.15, 0.2) is 11.6 Å². The third-order valence-electron chi connectivity index (χ3n) is 5.04. The van der Waals surface area contributed by atoms with Crippen LogP contribution in [0.3, 0.4) is 0 Å². The molecule has 1 aliphatic heterocycles. The van der Waals surface area contributed by atoms with Crippen LogP contribution in [0.15, 0.2) is 30.5 Å². The van der Waals surface area contributed by atoms with E-state index < -0.39 is 50.2 Å². The summed E-state index contributed by atoms with van der Waals surface area (Å²) >= 11 is 0. The van der Waals surface area contributed by atoms with Crippen molar-refractivity contribution in [3.63, 3.8) is 0 Å². The molecule has 11 heteroatoms. The van der Waals surface area contributed by atoms with Crippen molar-refractivity contribution in [3.05, 3.63) is 53.4 Å². The lowest BCUT2D eigenvalue weighted by Crippen LogP contribution is -2.43. The molecule has 174 valence electrons. The molecule has 32 heavy (non-hydrogen) atoms. The lowest BCUT2D eigenvalue weighted by atomic mass is 10.1. The maximum Gasteiger partial charge on any atom is 0.267 e. The highest BCUT2D eigenvalue weighted by Gasteiger charge is 2.30. The van der Waals surface area contributed by atoms with Crippen LogP contribution in [0.25, 0.3) is 0 Å². The van der Waals surface area contributed by atoms with Crippen LogP contribution >= 0.6 is 0 Å². The third-order valence-corrected chi connectivity index (χ3v) is 6.86. The quantitative estimate of drug-likeness (QED) is 0.612. The standard InChI is InChI=1S/C21H25F2N3O5S/c1-3-30-14-4-6-17(25-12-14)13(2)31-18-7-5-16(19(22)20(18)23)21(27)26-32(28,29)15-8-10-24-11-9-15/h4-7,12-13,15,24H,3,8-11H2,1-2H3,(H,26,27). The van der Waals surface area contributed by atoms with E-state index in [0.29, 0.717) is 44.0 Å². The average Bonchev–Trinajstić information content (AvgIpc) is 2.78. The summed E-state index contributed by atoms with van der Waals surface area (Å²) in [5, 5.41) is 2.25. The van der Waals surface area contributed by atoms with Crippen LogP contribution in [-0.4, -0.2) is 44.3 Å². The Balaban J connectivity index is 1.72. The van der Waals surface area contributed by atoms with E-state index >= 15 is 0 Å². The fraction of sp³-hybridized carbons (Fsp3) is 0.429. The minimum absolute atomic E-state index is 0.323. The summed E-state index contributed by atoms with van der Waals surface area (Å²) in [6.07, 6.45) is 1.42. The Morgan fingerprint density at radius 1 is 1.22 bits per heavy atom. The van der Waals surface area contributed by atoms with Gasteiger partial charge < -0.3 is 14.8 Å². The van der Waals surface area contributed by atoms with Gasteiger partial charge in [-0.2, -0.15) is 4.39 Å². The van der Waals surface area contributed by atoms with Crippen LogP contribution in [0, 0.1) is 11.6 Å². The topological polar surface area (TPSA) is 107 Å². The fourth-order valence-corrected chi connectivity index (χ4v) is 4.70.